The average Bonchev–Trinajstić information content (AvgIpc) is 2.79. The lowest BCUT2D eigenvalue weighted by Gasteiger charge is -2.46. The maximum Gasteiger partial charge on any atom is 0.220 e. The molecule has 1 heterocycles. The van der Waals surface area contributed by atoms with Gasteiger partial charge >= 0.3 is 0 Å². The van der Waals surface area contributed by atoms with Gasteiger partial charge in [-0.1, -0.05) is 20.3 Å². The van der Waals surface area contributed by atoms with Crippen LogP contribution < -0.4 is 16.8 Å². The van der Waals surface area contributed by atoms with Crippen LogP contribution in [0.5, 0.6) is 0 Å². The zero-order valence-corrected chi connectivity index (χ0v) is 16.3. The predicted octanol–water partition coefficient (Wildman–Crippen LogP) is 3.19. The molecule has 0 bridgehead atoms. The van der Waals surface area contributed by atoms with Crippen LogP contribution in [-0.2, 0) is 4.79 Å². The Hall–Kier alpha value is -0.610. The highest BCUT2D eigenvalue weighted by molar-refractivity contribution is 5.76. The lowest BCUT2D eigenvalue weighted by Crippen LogP contribution is -2.49. The van der Waals surface area contributed by atoms with E-state index in [1.54, 1.807) is 0 Å². The number of hydrogen-bond donors (Lipinski definition) is 3. The number of carbonyl (C=O) groups excluding carboxylic acids is 1. The molecule has 25 heavy (non-hydrogen) atoms. The van der Waals surface area contributed by atoms with Crippen molar-refractivity contribution >= 4 is 5.91 Å². The van der Waals surface area contributed by atoms with E-state index in [4.69, 9.17) is 11.5 Å². The van der Waals surface area contributed by atoms with Crippen molar-refractivity contribution in [1.82, 2.24) is 5.32 Å². The van der Waals surface area contributed by atoms with Gasteiger partial charge in [0.2, 0.25) is 5.91 Å². The summed E-state index contributed by atoms with van der Waals surface area (Å²) in [5, 5.41) is 3.42. The molecule has 1 aliphatic heterocycles. The molecule has 7 unspecified atom stereocenters. The third-order valence-electron chi connectivity index (χ3n) is 7.62. The van der Waals surface area contributed by atoms with Crippen molar-refractivity contribution < 1.29 is 4.79 Å². The van der Waals surface area contributed by atoms with Gasteiger partial charge in [0.25, 0.3) is 0 Å². The fourth-order valence-corrected chi connectivity index (χ4v) is 5.95. The number of amides is 1. The Bertz CT molecular complexity index is 428. The van der Waals surface area contributed by atoms with Crippen molar-refractivity contribution in [2.75, 3.05) is 0 Å². The van der Waals surface area contributed by atoms with Crippen molar-refractivity contribution in [3.63, 3.8) is 0 Å². The molecule has 1 saturated heterocycles. The Labute approximate surface area is 153 Å². The Morgan fingerprint density at radius 2 is 1.44 bits per heavy atom. The molecule has 5 N–H and O–H groups in total. The van der Waals surface area contributed by atoms with Crippen LogP contribution in [0.2, 0.25) is 0 Å². The fraction of sp³-hybridized carbons (Fsp3) is 0.952. The quantitative estimate of drug-likeness (QED) is 0.732. The summed E-state index contributed by atoms with van der Waals surface area (Å²) in [5.41, 5.74) is 12.6. The van der Waals surface area contributed by atoms with Gasteiger partial charge < -0.3 is 16.8 Å². The number of nitrogens with one attached hydrogen (secondary N) is 1. The number of hydrogen-bond acceptors (Lipinski definition) is 3. The minimum absolute atomic E-state index is 0.272. The summed E-state index contributed by atoms with van der Waals surface area (Å²) in [7, 11) is 0. The third-order valence-corrected chi connectivity index (χ3v) is 7.62. The summed E-state index contributed by atoms with van der Waals surface area (Å²) < 4.78 is 0. The highest BCUT2D eigenvalue weighted by Crippen LogP contribution is 2.45. The van der Waals surface area contributed by atoms with E-state index in [9.17, 15) is 4.79 Å². The van der Waals surface area contributed by atoms with Gasteiger partial charge in [-0.15, -0.1) is 0 Å². The first-order valence-corrected chi connectivity index (χ1v) is 10.8. The summed E-state index contributed by atoms with van der Waals surface area (Å²) in [5.74, 6) is 3.52. The molecule has 3 fully saturated rings. The standard InChI is InChI=1S/C21H39N3O/c1-13-11-15(7-9-17(13)22)21(16-8-10-18(23)14(2)12-16)19-5-3-4-6-20(25)24-19/h13-19,21H,3-12,22-23H2,1-2H3,(H,24,25). The molecule has 4 heteroatoms. The minimum atomic E-state index is 0.272. The molecule has 0 aromatic carbocycles. The summed E-state index contributed by atoms with van der Waals surface area (Å²) >= 11 is 0. The van der Waals surface area contributed by atoms with Gasteiger partial charge in [-0.25, -0.2) is 0 Å². The first-order valence-electron chi connectivity index (χ1n) is 10.8. The lowest BCUT2D eigenvalue weighted by atomic mass is 9.62. The van der Waals surface area contributed by atoms with Gasteiger partial charge in [-0.2, -0.15) is 0 Å². The van der Waals surface area contributed by atoms with Crippen LogP contribution >= 0.6 is 0 Å². The molecule has 1 amide bonds. The summed E-state index contributed by atoms with van der Waals surface area (Å²) in [6.45, 7) is 4.64. The van der Waals surface area contributed by atoms with Crippen LogP contribution in [0.25, 0.3) is 0 Å². The van der Waals surface area contributed by atoms with Crippen LogP contribution in [0.3, 0.4) is 0 Å². The van der Waals surface area contributed by atoms with Gasteiger partial charge in [-0.3, -0.25) is 4.79 Å². The third kappa shape index (κ3) is 4.57. The molecule has 3 rings (SSSR count). The van der Waals surface area contributed by atoms with Gasteiger partial charge in [0.15, 0.2) is 0 Å². The number of rotatable bonds is 3. The van der Waals surface area contributed by atoms with E-state index in [0.29, 0.717) is 54.1 Å². The van der Waals surface area contributed by atoms with E-state index < -0.39 is 0 Å². The molecule has 0 aromatic heterocycles. The van der Waals surface area contributed by atoms with E-state index in [0.717, 1.165) is 25.7 Å². The second-order valence-corrected chi connectivity index (χ2v) is 9.43. The smallest absolute Gasteiger partial charge is 0.220 e. The number of carbonyl (C=O) groups is 1. The molecule has 7 atom stereocenters. The fourth-order valence-electron chi connectivity index (χ4n) is 5.95. The van der Waals surface area contributed by atoms with E-state index in [1.807, 2.05) is 0 Å². The van der Waals surface area contributed by atoms with E-state index >= 15 is 0 Å². The maximum atomic E-state index is 12.2. The maximum absolute atomic E-state index is 12.2. The van der Waals surface area contributed by atoms with Crippen molar-refractivity contribution in [2.24, 2.45) is 41.1 Å². The van der Waals surface area contributed by atoms with Gasteiger partial charge in [0.1, 0.15) is 0 Å². The molecule has 2 aliphatic carbocycles. The highest BCUT2D eigenvalue weighted by atomic mass is 16.1. The first kappa shape index (κ1) is 19.2. The molecule has 2 saturated carbocycles. The average molecular weight is 350 g/mol. The molecule has 3 aliphatic rings. The normalized spacial score (nSPS) is 44.6. The zero-order chi connectivity index (χ0) is 18.0. The van der Waals surface area contributed by atoms with Crippen LogP contribution in [0.1, 0.15) is 78.1 Å². The summed E-state index contributed by atoms with van der Waals surface area (Å²) in [6.07, 6.45) is 11.3. The van der Waals surface area contributed by atoms with Gasteiger partial charge in [0.05, 0.1) is 0 Å². The van der Waals surface area contributed by atoms with Crippen LogP contribution in [0, 0.1) is 29.6 Å². The molecular weight excluding hydrogens is 310 g/mol. The second-order valence-electron chi connectivity index (χ2n) is 9.43. The predicted molar refractivity (Wildman–Crippen MR) is 103 cm³/mol. The van der Waals surface area contributed by atoms with Gasteiger partial charge in [-0.05, 0) is 81.0 Å². The highest BCUT2D eigenvalue weighted by Gasteiger charge is 2.42. The molecular formula is C21H39N3O. The monoisotopic (exact) mass is 349 g/mol. The topological polar surface area (TPSA) is 81.1 Å². The summed E-state index contributed by atoms with van der Waals surface area (Å²) in [6, 6.07) is 1.09. The summed E-state index contributed by atoms with van der Waals surface area (Å²) in [4.78, 5) is 12.2. The van der Waals surface area contributed by atoms with Gasteiger partial charge in [0, 0.05) is 24.5 Å². The van der Waals surface area contributed by atoms with E-state index in [2.05, 4.69) is 19.2 Å². The molecule has 4 nitrogen and oxygen atoms in total. The lowest BCUT2D eigenvalue weighted by molar-refractivity contribution is -0.122. The SMILES string of the molecule is CC1CC(C(C2CCC(N)C(C)C2)C2CCCCC(=O)N2)CCC1N. The molecule has 144 valence electrons. The van der Waals surface area contributed by atoms with Crippen LogP contribution in [-0.4, -0.2) is 24.0 Å². The Morgan fingerprint density at radius 1 is 0.880 bits per heavy atom. The van der Waals surface area contributed by atoms with E-state index in [-0.39, 0.29) is 5.91 Å². The zero-order valence-electron chi connectivity index (χ0n) is 16.3. The Morgan fingerprint density at radius 3 is 1.96 bits per heavy atom. The van der Waals surface area contributed by atoms with Crippen molar-refractivity contribution in [2.45, 2.75) is 96.2 Å². The Kier molecular flexibility index (Phi) is 6.43. The van der Waals surface area contributed by atoms with Crippen LogP contribution in [0.15, 0.2) is 0 Å². The first-order chi connectivity index (χ1) is 12.0. The molecule has 0 radical (unpaired) electrons. The minimum Gasteiger partial charge on any atom is -0.353 e. The largest absolute Gasteiger partial charge is 0.353 e. The Balaban J connectivity index is 1.79. The molecule has 0 spiro atoms. The van der Waals surface area contributed by atoms with Crippen molar-refractivity contribution in [3.8, 4) is 0 Å². The van der Waals surface area contributed by atoms with Crippen molar-refractivity contribution in [3.05, 3.63) is 0 Å². The number of nitrogens with two attached hydrogens (primary N) is 2. The van der Waals surface area contributed by atoms with E-state index in [1.165, 1.54) is 32.1 Å². The van der Waals surface area contributed by atoms with Crippen LogP contribution in [0.4, 0.5) is 0 Å². The molecule has 0 aromatic rings. The van der Waals surface area contributed by atoms with Crippen molar-refractivity contribution in [1.29, 1.82) is 0 Å². The second kappa shape index (κ2) is 8.39.